The molecule has 1 fully saturated rings. The van der Waals surface area contributed by atoms with Crippen LogP contribution >= 0.6 is 0 Å². The summed E-state index contributed by atoms with van der Waals surface area (Å²) in [6.07, 6.45) is 3.52. The smallest absolute Gasteiger partial charge is 0.274 e. The van der Waals surface area contributed by atoms with Gasteiger partial charge in [0, 0.05) is 12.6 Å². The molecule has 3 aromatic carbocycles. The van der Waals surface area contributed by atoms with Crippen LogP contribution in [0.15, 0.2) is 81.8 Å². The molecule has 0 bridgehead atoms. The molecule has 10 heteroatoms. The quantitative estimate of drug-likeness (QED) is 0.141. The van der Waals surface area contributed by atoms with Gasteiger partial charge in [-0.2, -0.15) is 4.98 Å². The van der Waals surface area contributed by atoms with E-state index in [0.717, 1.165) is 42.6 Å². The number of benzene rings is 3. The molecule has 0 unspecified atom stereocenters. The van der Waals surface area contributed by atoms with Crippen molar-refractivity contribution in [3.8, 4) is 34.2 Å². The number of ether oxygens (including phenoxy) is 2. The fraction of sp³-hybridized carbons (Fsp3) is 0.351. The first-order valence-electron chi connectivity index (χ1n) is 16.3. The van der Waals surface area contributed by atoms with Crippen molar-refractivity contribution in [2.75, 3.05) is 19.6 Å². The molecule has 2 aromatic heterocycles. The highest BCUT2D eigenvalue weighted by molar-refractivity contribution is 6.01. The monoisotopic (exact) mass is 635 g/mol. The predicted molar refractivity (Wildman–Crippen MR) is 178 cm³/mol. The van der Waals surface area contributed by atoms with Crippen LogP contribution in [0.25, 0.3) is 22.7 Å². The average Bonchev–Trinajstić information content (AvgIpc) is 3.75. The highest BCUT2D eigenvalue weighted by Gasteiger charge is 2.31. The Hall–Kier alpha value is -4.96. The third kappa shape index (κ3) is 7.72. The zero-order chi connectivity index (χ0) is 32.6. The fourth-order valence-corrected chi connectivity index (χ4v) is 5.73. The summed E-state index contributed by atoms with van der Waals surface area (Å²) in [6, 6.07) is 23.8. The number of piperidine rings is 1. The van der Waals surface area contributed by atoms with Crippen molar-refractivity contribution in [2.45, 2.75) is 65.7 Å². The van der Waals surface area contributed by atoms with Gasteiger partial charge in [-0.25, -0.2) is 0 Å². The van der Waals surface area contributed by atoms with Crippen LogP contribution in [-0.4, -0.2) is 45.7 Å². The zero-order valence-corrected chi connectivity index (χ0v) is 27.2. The van der Waals surface area contributed by atoms with Crippen LogP contribution in [0.4, 0.5) is 0 Å². The Kier molecular flexibility index (Phi) is 10.3. The van der Waals surface area contributed by atoms with Gasteiger partial charge >= 0.3 is 0 Å². The molecule has 5 aromatic rings. The summed E-state index contributed by atoms with van der Waals surface area (Å²) in [5.74, 6) is 1.94. The van der Waals surface area contributed by atoms with Crippen LogP contribution in [0, 0.1) is 0 Å². The van der Waals surface area contributed by atoms with E-state index in [2.05, 4.69) is 34.4 Å². The lowest BCUT2D eigenvalue weighted by molar-refractivity contribution is 0.0947. The second kappa shape index (κ2) is 15.1. The Balaban J connectivity index is 1.44. The van der Waals surface area contributed by atoms with Crippen molar-refractivity contribution >= 4 is 5.91 Å². The lowest BCUT2D eigenvalue weighted by atomic mass is 9.96. The van der Waals surface area contributed by atoms with E-state index in [1.807, 2.05) is 79.7 Å². The van der Waals surface area contributed by atoms with E-state index in [1.54, 1.807) is 0 Å². The molecule has 1 aliphatic heterocycles. The first-order valence-corrected chi connectivity index (χ1v) is 16.3. The molecule has 1 amide bonds. The Bertz CT molecular complexity index is 1760. The summed E-state index contributed by atoms with van der Waals surface area (Å²) in [5.41, 5.74) is 4.04. The van der Waals surface area contributed by atoms with Crippen molar-refractivity contribution < 1.29 is 23.3 Å². The third-order valence-corrected chi connectivity index (χ3v) is 8.20. The van der Waals surface area contributed by atoms with Crippen molar-refractivity contribution in [1.29, 1.82) is 0 Å². The van der Waals surface area contributed by atoms with Crippen LogP contribution in [0.1, 0.15) is 79.0 Å². The number of carbonyl (C=O) groups is 1. The molecule has 0 radical (unpaired) electrons. The summed E-state index contributed by atoms with van der Waals surface area (Å²) in [4.78, 5) is 20.3. The molecule has 244 valence electrons. The summed E-state index contributed by atoms with van der Waals surface area (Å²) in [6.45, 7) is 9.70. The molecule has 0 saturated carbocycles. The normalized spacial score (nSPS) is 13.5. The lowest BCUT2D eigenvalue weighted by Crippen LogP contribution is -2.29. The first kappa shape index (κ1) is 32.0. The van der Waals surface area contributed by atoms with Gasteiger partial charge in [0.05, 0.1) is 12.1 Å². The SMILES string of the molecule is CCNC(=O)c1noc(-c2cc(C(C)C)c(OCc3ccccc3)cc2OCc2ccccc2)c1-c1noc(CN2CCCCC2)n1. The Morgan fingerprint density at radius 3 is 2.17 bits per heavy atom. The summed E-state index contributed by atoms with van der Waals surface area (Å²) < 4.78 is 24.6. The Morgan fingerprint density at radius 1 is 0.872 bits per heavy atom. The summed E-state index contributed by atoms with van der Waals surface area (Å²) in [5, 5.41) is 11.4. The molecular formula is C37H41N5O5. The van der Waals surface area contributed by atoms with Gasteiger partial charge in [-0.05, 0) is 61.5 Å². The molecule has 1 aliphatic rings. The maximum absolute atomic E-state index is 13.3. The van der Waals surface area contributed by atoms with Gasteiger partial charge in [0.1, 0.15) is 30.3 Å². The van der Waals surface area contributed by atoms with E-state index in [9.17, 15) is 4.79 Å². The topological polar surface area (TPSA) is 116 Å². The van der Waals surface area contributed by atoms with Gasteiger partial charge < -0.3 is 23.8 Å². The number of nitrogens with zero attached hydrogens (tertiary/aromatic N) is 4. The van der Waals surface area contributed by atoms with Gasteiger partial charge in [0.2, 0.25) is 11.7 Å². The number of likely N-dealkylation sites (tertiary alicyclic amines) is 1. The molecule has 1 saturated heterocycles. The van der Waals surface area contributed by atoms with Crippen LogP contribution < -0.4 is 14.8 Å². The third-order valence-electron chi connectivity index (χ3n) is 8.20. The number of rotatable bonds is 13. The molecule has 3 heterocycles. The fourth-order valence-electron chi connectivity index (χ4n) is 5.73. The maximum Gasteiger partial charge on any atom is 0.274 e. The van der Waals surface area contributed by atoms with E-state index in [1.165, 1.54) is 6.42 Å². The standard InChI is InChI=1S/C37H41N5O5/c1-4-38-37(43)34-33(36-39-32(46-41-36)22-42-18-12-7-13-19-42)35(47-40-34)29-20-28(25(2)3)30(44-23-26-14-8-5-9-15-26)21-31(29)45-24-27-16-10-6-11-17-27/h5-6,8-11,14-17,20-21,25H,4,7,12-13,18-19,22-24H2,1-3H3,(H,38,43). The van der Waals surface area contributed by atoms with Crippen molar-refractivity contribution in [1.82, 2.24) is 25.5 Å². The molecule has 6 rings (SSSR count). The molecule has 47 heavy (non-hydrogen) atoms. The largest absolute Gasteiger partial charge is 0.488 e. The summed E-state index contributed by atoms with van der Waals surface area (Å²) >= 11 is 0. The summed E-state index contributed by atoms with van der Waals surface area (Å²) in [7, 11) is 0. The van der Waals surface area contributed by atoms with E-state index in [0.29, 0.717) is 60.6 Å². The molecule has 0 aliphatic carbocycles. The van der Waals surface area contributed by atoms with Crippen LogP contribution in [-0.2, 0) is 19.8 Å². The predicted octanol–water partition coefficient (Wildman–Crippen LogP) is 7.41. The molecule has 10 nitrogen and oxygen atoms in total. The maximum atomic E-state index is 13.3. The number of hydrogen-bond acceptors (Lipinski definition) is 9. The van der Waals surface area contributed by atoms with Crippen molar-refractivity contribution in [3.05, 3.63) is 101 Å². The van der Waals surface area contributed by atoms with E-state index in [-0.39, 0.29) is 17.4 Å². The van der Waals surface area contributed by atoms with Gasteiger partial charge in [0.15, 0.2) is 11.5 Å². The molecule has 0 spiro atoms. The molecule has 0 atom stereocenters. The number of nitrogens with one attached hydrogen (secondary N) is 1. The molecule has 1 N–H and O–H groups in total. The Labute approximate surface area is 275 Å². The number of carbonyl (C=O) groups excluding carboxylic acids is 1. The first-order chi connectivity index (χ1) is 23.0. The van der Waals surface area contributed by atoms with Gasteiger partial charge in [-0.3, -0.25) is 9.69 Å². The van der Waals surface area contributed by atoms with Gasteiger partial charge in [0.25, 0.3) is 5.91 Å². The van der Waals surface area contributed by atoms with E-state index < -0.39 is 5.91 Å². The number of hydrogen-bond donors (Lipinski definition) is 1. The second-order valence-corrected chi connectivity index (χ2v) is 12.0. The minimum atomic E-state index is -0.390. The lowest BCUT2D eigenvalue weighted by Gasteiger charge is -2.24. The number of aromatic nitrogens is 3. The minimum Gasteiger partial charge on any atom is -0.488 e. The van der Waals surface area contributed by atoms with Gasteiger partial charge in [-0.15, -0.1) is 0 Å². The van der Waals surface area contributed by atoms with E-state index in [4.69, 9.17) is 23.5 Å². The van der Waals surface area contributed by atoms with Gasteiger partial charge in [-0.1, -0.05) is 91.2 Å². The molecular weight excluding hydrogens is 594 g/mol. The average molecular weight is 636 g/mol. The van der Waals surface area contributed by atoms with Crippen LogP contribution in [0.5, 0.6) is 11.5 Å². The highest BCUT2D eigenvalue weighted by atomic mass is 16.5. The minimum absolute atomic E-state index is 0.0803. The number of amides is 1. The van der Waals surface area contributed by atoms with Crippen LogP contribution in [0.2, 0.25) is 0 Å². The highest BCUT2D eigenvalue weighted by Crippen LogP contribution is 2.44. The van der Waals surface area contributed by atoms with Crippen molar-refractivity contribution in [2.24, 2.45) is 0 Å². The van der Waals surface area contributed by atoms with Crippen molar-refractivity contribution in [3.63, 3.8) is 0 Å². The van der Waals surface area contributed by atoms with Crippen LogP contribution in [0.3, 0.4) is 0 Å². The van der Waals surface area contributed by atoms with E-state index >= 15 is 0 Å². The Morgan fingerprint density at radius 2 is 1.53 bits per heavy atom. The second-order valence-electron chi connectivity index (χ2n) is 12.0. The zero-order valence-electron chi connectivity index (χ0n) is 27.2.